The lowest BCUT2D eigenvalue weighted by molar-refractivity contribution is -0.185. The van der Waals surface area contributed by atoms with Gasteiger partial charge in [-0.2, -0.15) is 0 Å². The molecule has 0 bridgehead atoms. The van der Waals surface area contributed by atoms with E-state index in [9.17, 15) is 28.5 Å². The summed E-state index contributed by atoms with van der Waals surface area (Å²) in [4.78, 5) is 60.9. The Morgan fingerprint density at radius 1 is 0.906 bits per heavy atom. The Morgan fingerprint density at radius 3 is 2.31 bits per heavy atom. The number of nitrogens with zero attached hydrogens (tertiary/aromatic N) is 1. The van der Waals surface area contributed by atoms with Crippen molar-refractivity contribution in [1.29, 1.82) is 0 Å². The van der Waals surface area contributed by atoms with Crippen LogP contribution in [-0.4, -0.2) is 77.4 Å². The number of fused-ring (bicyclic) bond motifs is 10. The van der Waals surface area contributed by atoms with Gasteiger partial charge in [0, 0.05) is 67.4 Å². The van der Waals surface area contributed by atoms with Crippen LogP contribution < -0.4 is 5.09 Å². The number of halogens is 2. The standard InChI is InChI=1S/C24H32O4.C20H24O2.C7H15Cl2N2O2P/c1-14-12-18-19(22(4)9-6-17(27)13-21(14)22)7-10-23(5)20(18)8-11-24(23,15(2)25)28-16(3)26;1-12-10-14-15-4-5-18(22)20(15,3)9-7-16(14)19(2)8-6-13(21)11-17(12)19;8-2-4-10-14(12)11(6-3-9)5-1-7-13-14/h12-13,18-20H,6-11H2,1-5H3;6,8,11,14-16H,1,4-5,7,9-10H2,2-3H3;1-7H2,(H,10,12)/t18-,19+,20+,22-,23+,24+;14-,15-,16-,19+,20-;/m10./s1. The van der Waals surface area contributed by atoms with Crippen molar-refractivity contribution in [3.05, 3.63) is 59.3 Å². The van der Waals surface area contributed by atoms with E-state index in [2.05, 4.69) is 58.4 Å². The number of ether oxygens (including phenoxy) is 1. The minimum absolute atomic E-state index is 0.0160. The van der Waals surface area contributed by atoms with E-state index < -0.39 is 13.3 Å². The Kier molecular flexibility index (Phi) is 14.3. The molecule has 13 heteroatoms. The number of esters is 1. The molecule has 0 amide bonds. The van der Waals surface area contributed by atoms with Crippen molar-refractivity contribution in [1.82, 2.24) is 9.76 Å². The van der Waals surface area contributed by atoms with E-state index in [-0.39, 0.29) is 45.0 Å². The first-order chi connectivity index (χ1) is 30.1. The Balaban J connectivity index is 0.000000152. The van der Waals surface area contributed by atoms with E-state index in [4.69, 9.17) is 32.5 Å². The molecule has 1 saturated heterocycles. The summed E-state index contributed by atoms with van der Waals surface area (Å²) in [6.45, 7) is 20.7. The van der Waals surface area contributed by atoms with Crippen molar-refractivity contribution < 1.29 is 37.8 Å². The molecule has 10 nitrogen and oxygen atoms in total. The van der Waals surface area contributed by atoms with E-state index in [1.54, 1.807) is 23.7 Å². The maximum Gasteiger partial charge on any atom is 0.343 e. The van der Waals surface area contributed by atoms with E-state index in [1.165, 1.54) is 18.1 Å². The van der Waals surface area contributed by atoms with Gasteiger partial charge in [-0.1, -0.05) is 57.6 Å². The lowest BCUT2D eigenvalue weighted by Crippen LogP contribution is -2.58. The molecular weight excluding hydrogens is 870 g/mol. The van der Waals surface area contributed by atoms with E-state index in [0.29, 0.717) is 85.6 Å². The van der Waals surface area contributed by atoms with Gasteiger partial charge in [0.1, 0.15) is 5.78 Å². The molecule has 0 aromatic rings. The fourth-order valence-electron chi connectivity index (χ4n) is 14.8. The van der Waals surface area contributed by atoms with Crippen LogP contribution in [0.1, 0.15) is 126 Å². The molecule has 0 spiro atoms. The fraction of sp³-hybridized carbons (Fsp3) is 0.706. The van der Waals surface area contributed by atoms with Crippen molar-refractivity contribution in [2.24, 2.45) is 57.2 Å². The van der Waals surface area contributed by atoms with Crippen molar-refractivity contribution in [3.63, 3.8) is 0 Å². The second-order valence-corrected chi connectivity index (χ2v) is 24.1. The minimum Gasteiger partial charge on any atom is -0.451 e. The third-order valence-electron chi connectivity index (χ3n) is 18.0. The number of allylic oxidation sites excluding steroid dienone is 9. The average molecular weight is 942 g/mol. The summed E-state index contributed by atoms with van der Waals surface area (Å²) in [6, 6.07) is 0. The van der Waals surface area contributed by atoms with Gasteiger partial charge in [-0.25, -0.2) is 9.76 Å². The molecule has 0 aromatic heterocycles. The Bertz CT molecular complexity index is 2130. The van der Waals surface area contributed by atoms with Crippen molar-refractivity contribution >= 4 is 60.0 Å². The highest BCUT2D eigenvalue weighted by atomic mass is 35.5. The molecule has 0 radical (unpaired) electrons. The van der Waals surface area contributed by atoms with Crippen LogP contribution in [0.4, 0.5) is 0 Å². The second kappa shape index (κ2) is 18.6. The van der Waals surface area contributed by atoms with Gasteiger partial charge in [0.2, 0.25) is 0 Å². The Labute approximate surface area is 391 Å². The predicted octanol–water partition coefficient (Wildman–Crippen LogP) is 10.5. The molecule has 1 N–H and O–H groups in total. The van der Waals surface area contributed by atoms with Crippen LogP contribution in [0.3, 0.4) is 0 Å². The number of ketones is 4. The van der Waals surface area contributed by atoms with Gasteiger partial charge < -0.3 is 9.26 Å². The summed E-state index contributed by atoms with van der Waals surface area (Å²) in [7, 11) is -2.84. The molecule has 352 valence electrons. The highest BCUT2D eigenvalue weighted by molar-refractivity contribution is 7.54. The molecule has 6 fully saturated rings. The highest BCUT2D eigenvalue weighted by Gasteiger charge is 2.68. The van der Waals surface area contributed by atoms with E-state index in [0.717, 1.165) is 81.9 Å². The molecule has 5 saturated carbocycles. The lowest BCUT2D eigenvalue weighted by atomic mass is 9.47. The first-order valence-corrected chi connectivity index (χ1v) is 26.5. The van der Waals surface area contributed by atoms with Crippen LogP contribution in [0.5, 0.6) is 0 Å². The highest BCUT2D eigenvalue weighted by Crippen LogP contribution is 2.68. The van der Waals surface area contributed by atoms with Crippen LogP contribution in [0.2, 0.25) is 0 Å². The second-order valence-electron chi connectivity index (χ2n) is 21.2. The molecule has 9 aliphatic rings. The van der Waals surface area contributed by atoms with Gasteiger partial charge in [-0.05, 0) is 148 Å². The van der Waals surface area contributed by atoms with Crippen LogP contribution >= 0.6 is 30.9 Å². The molecule has 9 rings (SSSR count). The number of rotatable bonds is 7. The Morgan fingerprint density at radius 2 is 1.62 bits per heavy atom. The quantitative estimate of drug-likeness (QED) is 0.149. The number of carbonyl (C=O) groups is 5. The predicted molar refractivity (Wildman–Crippen MR) is 252 cm³/mol. The number of hydrogen-bond acceptors (Lipinski definition) is 8. The molecule has 1 unspecified atom stereocenters. The SMILES string of the molecule is C=C1C[C@@H]2[C@H](CC[C@]3(C)C(=O)CC[C@@H]23)[C@@]2(C)C=CC(=O)C=C12.CC(=O)O[C@]1(C(C)=O)CC[C@H]2[C@@H]3C=C(C)C4=CC(=O)CC[C@]4(C)[C@H]3CC[C@@]21C.O=P1(NCCCl)OCCCN1CCCl. The molecule has 0 aromatic carbocycles. The van der Waals surface area contributed by atoms with Gasteiger partial charge in [0.15, 0.2) is 23.0 Å². The fourth-order valence-corrected chi connectivity index (χ4v) is 17.3. The summed E-state index contributed by atoms with van der Waals surface area (Å²) in [5.41, 5.74) is 3.24. The van der Waals surface area contributed by atoms with Gasteiger partial charge in [-0.15, -0.1) is 23.2 Å². The molecule has 1 heterocycles. The molecular formula is C51H71Cl2N2O8P. The third kappa shape index (κ3) is 8.33. The van der Waals surface area contributed by atoms with Crippen molar-refractivity contribution in [2.45, 2.75) is 131 Å². The number of nitrogens with one attached hydrogen (secondary N) is 1. The smallest absolute Gasteiger partial charge is 0.343 e. The largest absolute Gasteiger partial charge is 0.451 e. The van der Waals surface area contributed by atoms with Gasteiger partial charge in [-0.3, -0.25) is 28.5 Å². The van der Waals surface area contributed by atoms with Gasteiger partial charge >= 0.3 is 13.6 Å². The molecule has 64 heavy (non-hydrogen) atoms. The summed E-state index contributed by atoms with van der Waals surface area (Å²) >= 11 is 11.1. The van der Waals surface area contributed by atoms with Crippen LogP contribution in [-0.2, 0) is 37.8 Å². The maximum atomic E-state index is 12.8. The zero-order valence-corrected chi connectivity index (χ0v) is 41.6. The van der Waals surface area contributed by atoms with Crippen LogP contribution in [0.15, 0.2) is 59.3 Å². The zero-order valence-electron chi connectivity index (χ0n) is 39.2. The molecule has 12 atom stereocenters. The summed E-state index contributed by atoms with van der Waals surface area (Å²) < 4.78 is 25.1. The lowest BCUT2D eigenvalue weighted by Gasteiger charge is -2.58. The number of hydrogen-bond donors (Lipinski definition) is 1. The van der Waals surface area contributed by atoms with Crippen LogP contribution in [0, 0.1) is 57.2 Å². The van der Waals surface area contributed by atoms with Gasteiger partial charge in [0.25, 0.3) is 0 Å². The monoisotopic (exact) mass is 940 g/mol. The third-order valence-corrected chi connectivity index (χ3v) is 20.7. The van der Waals surface area contributed by atoms with Crippen molar-refractivity contribution in [3.8, 4) is 0 Å². The first-order valence-electron chi connectivity index (χ1n) is 23.8. The summed E-state index contributed by atoms with van der Waals surface area (Å²) in [5.74, 6) is 4.04. The van der Waals surface area contributed by atoms with E-state index in [1.807, 2.05) is 6.08 Å². The Hall–Kier alpha value is -2.46. The average Bonchev–Trinajstić information content (AvgIpc) is 3.72. The molecule has 1 aliphatic heterocycles. The number of carbonyl (C=O) groups excluding carboxylic acids is 5. The zero-order chi connectivity index (χ0) is 46.6. The van der Waals surface area contributed by atoms with E-state index >= 15 is 0 Å². The van der Waals surface area contributed by atoms with Crippen LogP contribution in [0.25, 0.3) is 0 Å². The number of alkyl halides is 2. The van der Waals surface area contributed by atoms with Crippen molar-refractivity contribution in [2.75, 3.05) is 38.0 Å². The topological polar surface area (TPSA) is 136 Å². The maximum absolute atomic E-state index is 12.8. The first kappa shape index (κ1) is 49.4. The minimum atomic E-state index is -2.84. The molecule has 8 aliphatic carbocycles. The van der Waals surface area contributed by atoms with Gasteiger partial charge in [0.05, 0.1) is 6.61 Å². The summed E-state index contributed by atoms with van der Waals surface area (Å²) in [5, 5.41) is 2.85. The summed E-state index contributed by atoms with van der Waals surface area (Å²) in [6.07, 6.45) is 20.6. The number of Topliss-reactive ketones (excluding diaryl/α,β-unsaturated/α-hetero) is 2. The normalized spacial score (nSPS) is 42.0.